The molecule has 0 fully saturated rings. The van der Waals surface area contributed by atoms with E-state index in [9.17, 15) is 21.6 Å². The Labute approximate surface area is 142 Å². The monoisotopic (exact) mass is 373 g/mol. The zero-order valence-electron chi connectivity index (χ0n) is 12.8. The van der Waals surface area contributed by atoms with Gasteiger partial charge in [0.05, 0.1) is 11.4 Å². The van der Waals surface area contributed by atoms with Crippen molar-refractivity contribution in [3.05, 3.63) is 48.5 Å². The Hall–Kier alpha value is -2.42. The van der Waals surface area contributed by atoms with Crippen molar-refractivity contribution in [2.24, 2.45) is 0 Å². The second-order valence-electron chi connectivity index (χ2n) is 5.35. The van der Waals surface area contributed by atoms with E-state index in [4.69, 9.17) is 9.47 Å². The van der Waals surface area contributed by atoms with E-state index in [2.05, 4.69) is 5.32 Å². The highest BCUT2D eigenvalue weighted by Gasteiger charge is 2.46. The van der Waals surface area contributed by atoms with Crippen molar-refractivity contribution in [1.82, 2.24) is 0 Å². The van der Waals surface area contributed by atoms with Gasteiger partial charge in [-0.15, -0.1) is 0 Å². The lowest BCUT2D eigenvalue weighted by Gasteiger charge is -2.26. The fraction of sp³-hybridized carbons (Fsp3) is 0.250. The molecule has 3 rings (SSSR count). The highest BCUT2D eigenvalue weighted by atomic mass is 32.2. The average Bonchev–Trinajstić information content (AvgIpc) is 2.59. The van der Waals surface area contributed by atoms with Crippen LogP contribution in [0.1, 0.15) is 0 Å². The molecule has 0 amide bonds. The van der Waals surface area contributed by atoms with Gasteiger partial charge < -0.3 is 14.8 Å². The maximum atomic E-state index is 12.5. The summed E-state index contributed by atoms with van der Waals surface area (Å²) in [5.41, 5.74) is -4.84. The SMILES string of the molecule is O=S(=O)(c1ccc(NCC2COc3ccccc3O2)cc1)C(F)(F)F. The molecule has 1 heterocycles. The molecule has 5 nitrogen and oxygen atoms in total. The van der Waals surface area contributed by atoms with Gasteiger partial charge in [0.1, 0.15) is 12.7 Å². The van der Waals surface area contributed by atoms with Crippen molar-refractivity contribution < 1.29 is 31.1 Å². The quantitative estimate of drug-likeness (QED) is 0.892. The number of rotatable bonds is 4. The van der Waals surface area contributed by atoms with Crippen LogP contribution in [0.2, 0.25) is 0 Å². The number of hydrogen-bond donors (Lipinski definition) is 1. The summed E-state index contributed by atoms with van der Waals surface area (Å²) in [6, 6.07) is 11.6. The van der Waals surface area contributed by atoms with E-state index in [0.29, 0.717) is 30.3 Å². The van der Waals surface area contributed by atoms with Crippen molar-refractivity contribution in [3.8, 4) is 11.5 Å². The molecule has 0 aliphatic carbocycles. The summed E-state index contributed by atoms with van der Waals surface area (Å²) >= 11 is 0. The first-order chi connectivity index (χ1) is 11.8. The first-order valence-electron chi connectivity index (χ1n) is 7.31. The number of para-hydroxylation sites is 2. The molecule has 1 aliphatic rings. The molecular formula is C16H14F3NO4S. The van der Waals surface area contributed by atoms with Crippen LogP contribution >= 0.6 is 0 Å². The van der Waals surface area contributed by atoms with Crippen LogP contribution in [-0.4, -0.2) is 33.2 Å². The standard InChI is InChI=1S/C16H14F3NO4S/c17-16(18,19)25(21,22)13-7-5-11(6-8-13)20-9-12-10-23-14-3-1-2-4-15(14)24-12/h1-8,12,20H,9-10H2. The number of hydrogen-bond acceptors (Lipinski definition) is 5. The molecule has 1 N–H and O–H groups in total. The van der Waals surface area contributed by atoms with Crippen molar-refractivity contribution in [1.29, 1.82) is 0 Å². The van der Waals surface area contributed by atoms with Crippen LogP contribution in [0, 0.1) is 0 Å². The Morgan fingerprint density at radius 2 is 1.68 bits per heavy atom. The fourth-order valence-corrected chi connectivity index (χ4v) is 3.04. The molecule has 0 spiro atoms. The Bertz CT molecular complexity index is 850. The Kier molecular flexibility index (Phi) is 4.51. The minimum Gasteiger partial charge on any atom is -0.486 e. The van der Waals surface area contributed by atoms with E-state index in [0.717, 1.165) is 12.1 Å². The molecule has 1 unspecified atom stereocenters. The van der Waals surface area contributed by atoms with Gasteiger partial charge in [-0.25, -0.2) is 8.42 Å². The third kappa shape index (κ3) is 3.65. The second-order valence-corrected chi connectivity index (χ2v) is 7.29. The van der Waals surface area contributed by atoms with Gasteiger partial charge in [-0.2, -0.15) is 13.2 Å². The second kappa shape index (κ2) is 6.47. The minimum atomic E-state index is -5.33. The molecule has 2 aromatic rings. The van der Waals surface area contributed by atoms with E-state index in [1.54, 1.807) is 12.1 Å². The summed E-state index contributed by atoms with van der Waals surface area (Å²) in [5, 5.41) is 2.98. The summed E-state index contributed by atoms with van der Waals surface area (Å²) in [7, 11) is -5.33. The summed E-state index contributed by atoms with van der Waals surface area (Å²) in [6.45, 7) is 0.671. The molecule has 2 aromatic carbocycles. The van der Waals surface area contributed by atoms with Crippen LogP contribution in [0.4, 0.5) is 18.9 Å². The fourth-order valence-electron chi connectivity index (χ4n) is 2.28. The predicted octanol–water partition coefficient (Wildman–Crippen LogP) is 3.23. The smallest absolute Gasteiger partial charge is 0.486 e. The summed E-state index contributed by atoms with van der Waals surface area (Å²) in [4.78, 5) is -0.795. The van der Waals surface area contributed by atoms with E-state index in [1.807, 2.05) is 12.1 Å². The maximum Gasteiger partial charge on any atom is 0.501 e. The number of anilines is 1. The van der Waals surface area contributed by atoms with E-state index >= 15 is 0 Å². The van der Waals surface area contributed by atoms with Gasteiger partial charge in [-0.05, 0) is 36.4 Å². The van der Waals surface area contributed by atoms with E-state index in [1.165, 1.54) is 12.1 Å². The lowest BCUT2D eigenvalue weighted by Crippen LogP contribution is -2.35. The number of fused-ring (bicyclic) bond motifs is 1. The molecule has 0 bridgehead atoms. The molecule has 0 saturated heterocycles. The van der Waals surface area contributed by atoms with E-state index < -0.39 is 20.2 Å². The Balaban J connectivity index is 1.62. The number of halogens is 3. The zero-order valence-corrected chi connectivity index (χ0v) is 13.6. The summed E-state index contributed by atoms with van der Waals surface area (Å²) in [5.74, 6) is 1.27. The predicted molar refractivity (Wildman–Crippen MR) is 84.5 cm³/mol. The summed E-state index contributed by atoms with van der Waals surface area (Å²) < 4.78 is 71.4. The first kappa shape index (κ1) is 17.4. The van der Waals surface area contributed by atoms with Crippen LogP contribution in [0.25, 0.3) is 0 Å². The lowest BCUT2D eigenvalue weighted by atomic mass is 10.2. The number of nitrogens with one attached hydrogen (secondary N) is 1. The normalized spacial score (nSPS) is 17.2. The Morgan fingerprint density at radius 3 is 2.32 bits per heavy atom. The largest absolute Gasteiger partial charge is 0.501 e. The molecule has 1 aliphatic heterocycles. The first-order valence-corrected chi connectivity index (χ1v) is 8.79. The van der Waals surface area contributed by atoms with Gasteiger partial charge in [0.2, 0.25) is 0 Å². The van der Waals surface area contributed by atoms with Crippen LogP contribution in [0.5, 0.6) is 11.5 Å². The van der Waals surface area contributed by atoms with Crippen molar-refractivity contribution >= 4 is 15.5 Å². The molecule has 25 heavy (non-hydrogen) atoms. The van der Waals surface area contributed by atoms with Crippen LogP contribution < -0.4 is 14.8 Å². The van der Waals surface area contributed by atoms with E-state index in [-0.39, 0.29) is 6.10 Å². The average molecular weight is 373 g/mol. The zero-order chi connectivity index (χ0) is 18.1. The molecular weight excluding hydrogens is 359 g/mol. The van der Waals surface area contributed by atoms with Gasteiger partial charge in [0.15, 0.2) is 11.5 Å². The molecule has 0 saturated carbocycles. The molecule has 0 radical (unpaired) electrons. The van der Waals surface area contributed by atoms with Gasteiger partial charge >= 0.3 is 5.51 Å². The number of alkyl halides is 3. The van der Waals surface area contributed by atoms with Crippen molar-refractivity contribution in [3.63, 3.8) is 0 Å². The lowest BCUT2D eigenvalue weighted by molar-refractivity contribution is -0.0436. The van der Waals surface area contributed by atoms with Gasteiger partial charge in [-0.3, -0.25) is 0 Å². The third-order valence-corrected chi connectivity index (χ3v) is 5.07. The van der Waals surface area contributed by atoms with Crippen LogP contribution in [0.15, 0.2) is 53.4 Å². The van der Waals surface area contributed by atoms with Gasteiger partial charge in [0.25, 0.3) is 9.84 Å². The number of benzene rings is 2. The Morgan fingerprint density at radius 1 is 1.04 bits per heavy atom. The highest BCUT2D eigenvalue weighted by Crippen LogP contribution is 2.32. The molecule has 9 heteroatoms. The number of sulfone groups is 1. The van der Waals surface area contributed by atoms with Crippen molar-refractivity contribution in [2.45, 2.75) is 16.5 Å². The molecule has 134 valence electrons. The highest BCUT2D eigenvalue weighted by molar-refractivity contribution is 7.92. The van der Waals surface area contributed by atoms with Crippen LogP contribution in [0.3, 0.4) is 0 Å². The van der Waals surface area contributed by atoms with Crippen molar-refractivity contribution in [2.75, 3.05) is 18.5 Å². The van der Waals surface area contributed by atoms with Gasteiger partial charge in [0, 0.05) is 5.69 Å². The maximum absolute atomic E-state index is 12.5. The topological polar surface area (TPSA) is 64.6 Å². The molecule has 0 aromatic heterocycles. The van der Waals surface area contributed by atoms with Gasteiger partial charge in [-0.1, -0.05) is 12.1 Å². The minimum absolute atomic E-state index is 0.284. The summed E-state index contributed by atoms with van der Waals surface area (Å²) in [6.07, 6.45) is -0.284. The third-order valence-electron chi connectivity index (χ3n) is 3.57. The number of ether oxygens (including phenoxy) is 2. The molecule has 1 atom stereocenters. The van der Waals surface area contributed by atoms with Crippen LogP contribution in [-0.2, 0) is 9.84 Å².